The van der Waals surface area contributed by atoms with Gasteiger partial charge in [-0.1, -0.05) is 0 Å². The molecule has 0 aliphatic rings. The van der Waals surface area contributed by atoms with Crippen molar-refractivity contribution >= 4 is 11.9 Å². The predicted octanol–water partition coefficient (Wildman–Crippen LogP) is 2.34. The number of alkyl halides is 1. The van der Waals surface area contributed by atoms with Crippen LogP contribution in [0.1, 0.15) is 26.6 Å². The van der Waals surface area contributed by atoms with Crippen molar-refractivity contribution < 1.29 is 18.6 Å². The number of nitrogens with zero attached hydrogens (tertiary/aromatic N) is 3. The summed E-state index contributed by atoms with van der Waals surface area (Å²) in [6, 6.07) is 5.46. The van der Waals surface area contributed by atoms with Crippen LogP contribution < -0.4 is 25.7 Å². The van der Waals surface area contributed by atoms with Crippen LogP contribution >= 0.6 is 0 Å². The van der Waals surface area contributed by atoms with Gasteiger partial charge in [-0.2, -0.15) is 15.0 Å². The van der Waals surface area contributed by atoms with Crippen LogP contribution in [0.2, 0.25) is 0 Å². The number of anilines is 2. The largest absolute Gasteiger partial charge is 0.496 e. The number of hydrogen-bond acceptors (Lipinski definition) is 8. The topological polar surface area (TPSA) is 118 Å². The van der Waals surface area contributed by atoms with E-state index in [1.54, 1.807) is 14.2 Å². The van der Waals surface area contributed by atoms with E-state index in [9.17, 15) is 4.39 Å². The second-order valence-corrected chi connectivity index (χ2v) is 5.33. The zero-order chi connectivity index (χ0) is 19.0. The Labute approximate surface area is 146 Å². The number of halogens is 1. The molecule has 0 saturated carbocycles. The molecule has 0 saturated heterocycles. The van der Waals surface area contributed by atoms with Crippen molar-refractivity contribution in [3.8, 4) is 17.2 Å². The first-order valence-electron chi connectivity index (χ1n) is 7.51. The maximum atomic E-state index is 13.2. The molecule has 0 aliphatic heterocycles. The van der Waals surface area contributed by atoms with Crippen LogP contribution in [0, 0.1) is 0 Å². The van der Waals surface area contributed by atoms with Gasteiger partial charge in [0.1, 0.15) is 17.2 Å². The van der Waals surface area contributed by atoms with Gasteiger partial charge in [0.25, 0.3) is 0 Å². The lowest BCUT2D eigenvalue weighted by Crippen LogP contribution is -2.17. The molecule has 9 heteroatoms. The number of hydrogen-bond donors (Lipinski definition) is 2. The van der Waals surface area contributed by atoms with E-state index in [0.717, 1.165) is 17.2 Å². The third-order valence-electron chi connectivity index (χ3n) is 2.84. The quantitative estimate of drug-likeness (QED) is 0.841. The fourth-order valence-corrected chi connectivity index (χ4v) is 1.71. The van der Waals surface area contributed by atoms with Gasteiger partial charge in [-0.3, -0.25) is 0 Å². The molecule has 138 valence electrons. The van der Waals surface area contributed by atoms with Gasteiger partial charge in [0.15, 0.2) is 11.5 Å². The van der Waals surface area contributed by atoms with Crippen LogP contribution in [-0.2, 0) is 5.67 Å². The summed E-state index contributed by atoms with van der Waals surface area (Å²) in [7, 11) is 3.23. The first-order chi connectivity index (χ1) is 11.7. The Hall–Kier alpha value is -2.84. The first kappa shape index (κ1) is 20.2. The summed E-state index contributed by atoms with van der Waals surface area (Å²) < 4.78 is 28.7. The molecular weight excluding hydrogens is 329 g/mol. The molecule has 0 spiro atoms. The maximum absolute atomic E-state index is 13.2. The van der Waals surface area contributed by atoms with Gasteiger partial charge in [-0.05, 0) is 20.8 Å². The number of nitrogens with two attached hydrogens (primary N) is 2. The maximum Gasteiger partial charge on any atom is 0.225 e. The van der Waals surface area contributed by atoms with E-state index in [0.29, 0.717) is 6.61 Å². The fraction of sp³-hybridized carbons (Fsp3) is 0.438. The summed E-state index contributed by atoms with van der Waals surface area (Å²) in [5, 5.41) is 0. The summed E-state index contributed by atoms with van der Waals surface area (Å²) in [6.07, 6.45) is 0. The van der Waals surface area contributed by atoms with Crippen LogP contribution in [0.25, 0.3) is 0 Å². The molecule has 1 aromatic heterocycles. The van der Waals surface area contributed by atoms with Crippen molar-refractivity contribution in [3.05, 3.63) is 24.0 Å². The highest BCUT2D eigenvalue weighted by molar-refractivity contribution is 5.41. The third kappa shape index (κ3) is 6.66. The lowest BCUT2D eigenvalue weighted by molar-refractivity contribution is 0.206. The molecule has 0 fully saturated rings. The van der Waals surface area contributed by atoms with E-state index in [4.69, 9.17) is 25.7 Å². The van der Waals surface area contributed by atoms with Crippen LogP contribution in [0.5, 0.6) is 17.2 Å². The van der Waals surface area contributed by atoms with E-state index in [1.165, 1.54) is 13.8 Å². The molecule has 1 heterocycles. The Kier molecular flexibility index (Phi) is 7.16. The molecule has 8 nitrogen and oxygen atoms in total. The molecule has 25 heavy (non-hydrogen) atoms. The van der Waals surface area contributed by atoms with Crippen molar-refractivity contribution in [2.24, 2.45) is 0 Å². The molecule has 0 aliphatic carbocycles. The minimum Gasteiger partial charge on any atom is -0.496 e. The Morgan fingerprint density at radius 2 is 1.36 bits per heavy atom. The summed E-state index contributed by atoms with van der Waals surface area (Å²) >= 11 is 0. The monoisotopic (exact) mass is 353 g/mol. The first-order valence-corrected chi connectivity index (χ1v) is 7.51. The summed E-state index contributed by atoms with van der Waals surface area (Å²) in [4.78, 5) is 10.7. The summed E-state index contributed by atoms with van der Waals surface area (Å²) in [6.45, 7) is 5.21. The molecule has 0 amide bonds. The minimum atomic E-state index is -1.65. The number of ether oxygens (including phenoxy) is 3. The predicted molar refractivity (Wildman–Crippen MR) is 93.5 cm³/mol. The van der Waals surface area contributed by atoms with Crippen LogP contribution in [-0.4, -0.2) is 35.8 Å². The SMILES string of the molecule is CC(C)(F)c1nc(N)nc(N)n1.CCOc1cc(OC)cc(OC)c1. The van der Waals surface area contributed by atoms with E-state index >= 15 is 0 Å². The Balaban J connectivity index is 0.000000251. The average Bonchev–Trinajstić information content (AvgIpc) is 2.53. The van der Waals surface area contributed by atoms with Gasteiger partial charge in [0, 0.05) is 18.2 Å². The molecular formula is C16H24FN5O3. The number of nitrogen functional groups attached to an aromatic ring is 2. The van der Waals surface area contributed by atoms with Crippen LogP contribution in [0.3, 0.4) is 0 Å². The van der Waals surface area contributed by atoms with E-state index in [2.05, 4.69) is 15.0 Å². The van der Waals surface area contributed by atoms with E-state index < -0.39 is 5.67 Å². The molecule has 0 radical (unpaired) electrons. The molecule has 0 atom stereocenters. The zero-order valence-corrected chi connectivity index (χ0v) is 15.0. The van der Waals surface area contributed by atoms with Gasteiger partial charge < -0.3 is 25.7 Å². The molecule has 2 rings (SSSR count). The highest BCUT2D eigenvalue weighted by Crippen LogP contribution is 2.27. The standard InChI is InChI=1S/C10H14O3.C6H10FN5/c1-4-13-10-6-8(11-2)5-9(7-10)12-3;1-6(2,7)3-10-4(8)12-5(9)11-3/h5-7H,4H2,1-3H3;1-2H3,(H4,8,9,10,11,12). The number of aromatic nitrogens is 3. The number of benzene rings is 1. The smallest absolute Gasteiger partial charge is 0.225 e. The normalized spacial score (nSPS) is 10.5. The second kappa shape index (κ2) is 8.86. The Bertz CT molecular complexity index is 649. The van der Waals surface area contributed by atoms with E-state index in [1.807, 2.05) is 25.1 Å². The Morgan fingerprint density at radius 3 is 1.72 bits per heavy atom. The lowest BCUT2D eigenvalue weighted by Gasteiger charge is -2.11. The molecule has 1 aromatic carbocycles. The molecule has 0 unspecified atom stereocenters. The highest BCUT2D eigenvalue weighted by atomic mass is 19.1. The van der Waals surface area contributed by atoms with E-state index in [-0.39, 0.29) is 17.7 Å². The second-order valence-electron chi connectivity index (χ2n) is 5.33. The highest BCUT2D eigenvalue weighted by Gasteiger charge is 2.23. The van der Waals surface area contributed by atoms with Gasteiger partial charge in [0.2, 0.25) is 11.9 Å². The minimum absolute atomic E-state index is 0.0486. The fourth-order valence-electron chi connectivity index (χ4n) is 1.71. The molecule has 4 N–H and O–H groups in total. The van der Waals surface area contributed by atoms with Crippen molar-refractivity contribution in [1.29, 1.82) is 0 Å². The van der Waals surface area contributed by atoms with Gasteiger partial charge in [0.05, 0.1) is 20.8 Å². The van der Waals surface area contributed by atoms with Crippen LogP contribution in [0.15, 0.2) is 18.2 Å². The summed E-state index contributed by atoms with van der Waals surface area (Å²) in [5.41, 5.74) is 8.85. The summed E-state index contributed by atoms with van der Waals surface area (Å²) in [5.74, 6) is 2.06. The number of rotatable bonds is 5. The van der Waals surface area contributed by atoms with Crippen molar-refractivity contribution in [1.82, 2.24) is 15.0 Å². The number of methoxy groups -OCH3 is 2. The van der Waals surface area contributed by atoms with Crippen LogP contribution in [0.4, 0.5) is 16.3 Å². The van der Waals surface area contributed by atoms with Crippen molar-refractivity contribution in [3.63, 3.8) is 0 Å². The van der Waals surface area contributed by atoms with Crippen molar-refractivity contribution in [2.45, 2.75) is 26.4 Å². The Morgan fingerprint density at radius 1 is 0.920 bits per heavy atom. The lowest BCUT2D eigenvalue weighted by atomic mass is 10.1. The third-order valence-corrected chi connectivity index (χ3v) is 2.84. The van der Waals surface area contributed by atoms with Crippen molar-refractivity contribution in [2.75, 3.05) is 32.3 Å². The molecule has 2 aromatic rings. The van der Waals surface area contributed by atoms with Gasteiger partial charge in [-0.25, -0.2) is 4.39 Å². The van der Waals surface area contributed by atoms with Gasteiger partial charge >= 0.3 is 0 Å². The zero-order valence-electron chi connectivity index (χ0n) is 15.0. The van der Waals surface area contributed by atoms with Gasteiger partial charge in [-0.15, -0.1) is 0 Å². The average molecular weight is 353 g/mol. The molecule has 0 bridgehead atoms.